The molecule has 1 aromatic carbocycles. The van der Waals surface area contributed by atoms with E-state index in [0.717, 1.165) is 5.56 Å². The lowest BCUT2D eigenvalue weighted by Crippen LogP contribution is -2.07. The molecule has 0 fully saturated rings. The van der Waals surface area contributed by atoms with E-state index in [9.17, 15) is 8.78 Å². The molecule has 23 heavy (non-hydrogen) atoms. The molecule has 0 aliphatic rings. The highest BCUT2D eigenvalue weighted by Crippen LogP contribution is 2.30. The van der Waals surface area contributed by atoms with Crippen LogP contribution in [-0.2, 0) is 6.54 Å². The molecule has 0 aliphatic heterocycles. The third kappa shape index (κ3) is 4.54. The van der Waals surface area contributed by atoms with Crippen molar-refractivity contribution in [1.29, 1.82) is 5.26 Å². The molecule has 0 saturated heterocycles. The molecule has 2 aromatic rings. The number of anilines is 1. The number of ether oxygens (including phenoxy) is 2. The number of nitrogens with one attached hydrogen (secondary N) is 1. The lowest BCUT2D eigenvalue weighted by molar-refractivity contribution is -0.0514. The van der Waals surface area contributed by atoms with Crippen LogP contribution in [-0.4, -0.2) is 18.2 Å². The van der Waals surface area contributed by atoms with Gasteiger partial charge in [-0.1, -0.05) is 6.07 Å². The molecule has 1 aromatic heterocycles. The SMILES string of the molecule is CCOc1cc(CNc2ncccc2C#N)ccc1OC(F)F. The van der Waals surface area contributed by atoms with Gasteiger partial charge in [0.2, 0.25) is 0 Å². The Hall–Kier alpha value is -2.88. The predicted octanol–water partition coefficient (Wildman–Crippen LogP) is 3.57. The van der Waals surface area contributed by atoms with E-state index in [1.54, 1.807) is 37.4 Å². The Labute approximate surface area is 132 Å². The number of pyridine rings is 1. The Morgan fingerprint density at radius 3 is 2.83 bits per heavy atom. The van der Waals surface area contributed by atoms with Crippen LogP contribution in [0.25, 0.3) is 0 Å². The minimum Gasteiger partial charge on any atom is -0.490 e. The van der Waals surface area contributed by atoms with Gasteiger partial charge in [0.1, 0.15) is 11.9 Å². The van der Waals surface area contributed by atoms with Crippen molar-refractivity contribution in [3.05, 3.63) is 47.7 Å². The van der Waals surface area contributed by atoms with Gasteiger partial charge in [0.25, 0.3) is 0 Å². The van der Waals surface area contributed by atoms with E-state index in [0.29, 0.717) is 24.5 Å². The summed E-state index contributed by atoms with van der Waals surface area (Å²) in [6, 6.07) is 10.1. The van der Waals surface area contributed by atoms with Crippen molar-refractivity contribution >= 4 is 5.82 Å². The van der Waals surface area contributed by atoms with Gasteiger partial charge in [0.15, 0.2) is 11.5 Å². The van der Waals surface area contributed by atoms with E-state index < -0.39 is 6.61 Å². The first-order valence-electron chi connectivity index (χ1n) is 6.93. The summed E-state index contributed by atoms with van der Waals surface area (Å²) in [4.78, 5) is 4.09. The zero-order valence-corrected chi connectivity index (χ0v) is 12.4. The highest BCUT2D eigenvalue weighted by atomic mass is 19.3. The summed E-state index contributed by atoms with van der Waals surface area (Å²) in [7, 11) is 0. The maximum Gasteiger partial charge on any atom is 0.387 e. The molecular formula is C16H15F2N3O2. The smallest absolute Gasteiger partial charge is 0.387 e. The molecule has 0 saturated carbocycles. The van der Waals surface area contributed by atoms with Gasteiger partial charge in [-0.3, -0.25) is 0 Å². The Morgan fingerprint density at radius 2 is 2.13 bits per heavy atom. The van der Waals surface area contributed by atoms with Crippen molar-refractivity contribution in [2.75, 3.05) is 11.9 Å². The second-order valence-electron chi connectivity index (χ2n) is 4.46. The predicted molar refractivity (Wildman–Crippen MR) is 80.5 cm³/mol. The average Bonchev–Trinajstić information content (AvgIpc) is 2.55. The zero-order chi connectivity index (χ0) is 16.7. The van der Waals surface area contributed by atoms with E-state index in [1.165, 1.54) is 6.07 Å². The number of halogens is 2. The maximum atomic E-state index is 12.4. The van der Waals surface area contributed by atoms with Crippen molar-refractivity contribution < 1.29 is 18.3 Å². The first-order chi connectivity index (χ1) is 11.1. The van der Waals surface area contributed by atoms with Crippen LogP contribution in [0.5, 0.6) is 11.5 Å². The van der Waals surface area contributed by atoms with Gasteiger partial charge >= 0.3 is 6.61 Å². The molecule has 0 unspecified atom stereocenters. The van der Waals surface area contributed by atoms with Crippen LogP contribution in [0, 0.1) is 11.3 Å². The minimum absolute atomic E-state index is 0.0128. The fraction of sp³-hybridized carbons (Fsp3) is 0.250. The highest BCUT2D eigenvalue weighted by molar-refractivity contribution is 5.52. The molecule has 120 valence electrons. The van der Waals surface area contributed by atoms with E-state index in [-0.39, 0.29) is 11.5 Å². The first-order valence-corrected chi connectivity index (χ1v) is 6.93. The number of hydrogen-bond acceptors (Lipinski definition) is 5. The molecule has 0 amide bonds. The van der Waals surface area contributed by atoms with Gasteiger partial charge in [-0.25, -0.2) is 4.98 Å². The van der Waals surface area contributed by atoms with Crippen LogP contribution in [0.2, 0.25) is 0 Å². The highest BCUT2D eigenvalue weighted by Gasteiger charge is 2.12. The van der Waals surface area contributed by atoms with Gasteiger partial charge in [0.05, 0.1) is 12.2 Å². The summed E-state index contributed by atoms with van der Waals surface area (Å²) in [6.45, 7) is -0.468. The van der Waals surface area contributed by atoms with Crippen LogP contribution in [0.1, 0.15) is 18.1 Å². The summed E-state index contributed by atoms with van der Waals surface area (Å²) >= 11 is 0. The first kappa shape index (κ1) is 16.5. The standard InChI is InChI=1S/C16H15F2N3O2/c1-2-22-14-8-11(5-6-13(14)23-16(17)18)10-21-15-12(9-19)4-3-7-20-15/h3-8,16H,2,10H2,1H3,(H,20,21). The second-order valence-corrected chi connectivity index (χ2v) is 4.46. The van der Waals surface area contributed by atoms with E-state index in [2.05, 4.69) is 15.0 Å². The van der Waals surface area contributed by atoms with E-state index in [4.69, 9.17) is 10.00 Å². The van der Waals surface area contributed by atoms with Gasteiger partial charge in [0, 0.05) is 12.7 Å². The van der Waals surface area contributed by atoms with Crippen LogP contribution in [0.4, 0.5) is 14.6 Å². The van der Waals surface area contributed by atoms with Crippen molar-refractivity contribution in [3.8, 4) is 17.6 Å². The largest absolute Gasteiger partial charge is 0.490 e. The molecule has 2 rings (SSSR count). The van der Waals surface area contributed by atoms with Crippen LogP contribution < -0.4 is 14.8 Å². The number of nitrogens with zero attached hydrogens (tertiary/aromatic N) is 2. The van der Waals surface area contributed by atoms with Gasteiger partial charge < -0.3 is 14.8 Å². The number of benzene rings is 1. The number of hydrogen-bond donors (Lipinski definition) is 1. The molecule has 7 heteroatoms. The Kier molecular flexibility index (Phi) is 5.69. The molecule has 0 radical (unpaired) electrons. The van der Waals surface area contributed by atoms with Gasteiger partial charge in [-0.2, -0.15) is 14.0 Å². The topological polar surface area (TPSA) is 67.2 Å². The number of nitriles is 1. The summed E-state index contributed by atoms with van der Waals surface area (Å²) in [5.41, 5.74) is 1.21. The minimum atomic E-state index is -2.91. The second kappa shape index (κ2) is 7.94. The summed E-state index contributed by atoms with van der Waals surface area (Å²) in [5, 5.41) is 12.0. The van der Waals surface area contributed by atoms with E-state index in [1.807, 2.05) is 6.07 Å². The molecule has 0 bridgehead atoms. The number of alkyl halides is 2. The van der Waals surface area contributed by atoms with Crippen molar-refractivity contribution in [3.63, 3.8) is 0 Å². The molecule has 0 spiro atoms. The summed E-state index contributed by atoms with van der Waals surface area (Å²) < 4.78 is 34.5. The van der Waals surface area contributed by atoms with Gasteiger partial charge in [-0.05, 0) is 36.8 Å². The lowest BCUT2D eigenvalue weighted by Gasteiger charge is -2.13. The summed E-state index contributed by atoms with van der Waals surface area (Å²) in [6.07, 6.45) is 1.58. The maximum absolute atomic E-state index is 12.4. The fourth-order valence-corrected chi connectivity index (χ4v) is 1.95. The van der Waals surface area contributed by atoms with Crippen molar-refractivity contribution in [2.45, 2.75) is 20.1 Å². The zero-order valence-electron chi connectivity index (χ0n) is 12.4. The number of aromatic nitrogens is 1. The quantitative estimate of drug-likeness (QED) is 0.845. The van der Waals surface area contributed by atoms with Gasteiger partial charge in [-0.15, -0.1) is 0 Å². The van der Waals surface area contributed by atoms with Crippen molar-refractivity contribution in [1.82, 2.24) is 4.98 Å². The Balaban J connectivity index is 2.14. The molecule has 1 heterocycles. The molecule has 5 nitrogen and oxygen atoms in total. The molecule has 0 aliphatic carbocycles. The monoisotopic (exact) mass is 319 g/mol. The molecular weight excluding hydrogens is 304 g/mol. The van der Waals surface area contributed by atoms with Crippen LogP contribution in [0.3, 0.4) is 0 Å². The summed E-state index contributed by atoms with van der Waals surface area (Å²) in [5.74, 6) is 0.690. The van der Waals surface area contributed by atoms with Crippen LogP contribution >= 0.6 is 0 Å². The van der Waals surface area contributed by atoms with E-state index >= 15 is 0 Å². The third-order valence-corrected chi connectivity index (χ3v) is 2.91. The molecule has 1 N–H and O–H groups in total. The van der Waals surface area contributed by atoms with Crippen LogP contribution in [0.15, 0.2) is 36.5 Å². The lowest BCUT2D eigenvalue weighted by atomic mass is 10.2. The fourth-order valence-electron chi connectivity index (χ4n) is 1.95. The Bertz CT molecular complexity index is 702. The normalized spacial score (nSPS) is 10.2. The van der Waals surface area contributed by atoms with Crippen molar-refractivity contribution in [2.24, 2.45) is 0 Å². The number of rotatable bonds is 7. The Morgan fingerprint density at radius 1 is 1.30 bits per heavy atom. The molecule has 0 atom stereocenters. The average molecular weight is 319 g/mol. The third-order valence-electron chi connectivity index (χ3n) is 2.91.